The summed E-state index contributed by atoms with van der Waals surface area (Å²) in [5, 5.41) is 13.6. The van der Waals surface area contributed by atoms with Gasteiger partial charge in [-0.05, 0) is 18.2 Å². The zero-order valence-corrected chi connectivity index (χ0v) is 10.4. The maximum Gasteiger partial charge on any atom is 0.272 e. The molecule has 0 spiro atoms. The van der Waals surface area contributed by atoms with Gasteiger partial charge in [-0.15, -0.1) is 0 Å². The van der Waals surface area contributed by atoms with Gasteiger partial charge in [0.1, 0.15) is 12.3 Å². The van der Waals surface area contributed by atoms with Crippen LogP contribution in [0.15, 0.2) is 36.5 Å². The summed E-state index contributed by atoms with van der Waals surface area (Å²) in [5.74, 6) is 0.905. The van der Waals surface area contributed by atoms with E-state index in [1.165, 1.54) is 6.07 Å². The molecule has 0 fully saturated rings. The van der Waals surface area contributed by atoms with Crippen LogP contribution in [0.3, 0.4) is 0 Å². The number of aromatic amines is 1. The Kier molecular flexibility index (Phi) is 3.71. The highest BCUT2D eigenvalue weighted by atomic mass is 35.5. The van der Waals surface area contributed by atoms with E-state index in [0.717, 1.165) is 5.82 Å². The monoisotopic (exact) mass is 269 g/mol. The Morgan fingerprint density at radius 2 is 2.06 bits per heavy atom. The molecule has 5 heteroatoms. The third kappa shape index (κ3) is 3.02. The number of aromatic nitrogens is 1. The van der Waals surface area contributed by atoms with Crippen LogP contribution in [-0.2, 0) is 6.54 Å². The summed E-state index contributed by atoms with van der Waals surface area (Å²) in [6.07, 6.45) is 1.81. The Morgan fingerprint density at radius 1 is 1.24 bits per heavy atom. The fourth-order valence-corrected chi connectivity index (χ4v) is 1.98. The number of nitrogens with one attached hydrogen (secondary N) is 2. The summed E-state index contributed by atoms with van der Waals surface area (Å²) in [4.78, 5) is 3.03. The van der Waals surface area contributed by atoms with Crippen molar-refractivity contribution >= 4 is 29.0 Å². The number of hydrogen-bond acceptors (Lipinski definition) is 2. The van der Waals surface area contributed by atoms with Crippen LogP contribution in [0.5, 0.6) is 5.75 Å². The van der Waals surface area contributed by atoms with Crippen molar-refractivity contribution in [1.29, 1.82) is 0 Å². The van der Waals surface area contributed by atoms with E-state index in [1.807, 2.05) is 24.4 Å². The minimum absolute atomic E-state index is 0.0551. The van der Waals surface area contributed by atoms with Crippen molar-refractivity contribution in [2.45, 2.75) is 6.54 Å². The zero-order valence-electron chi connectivity index (χ0n) is 8.87. The van der Waals surface area contributed by atoms with Gasteiger partial charge in [-0.3, -0.25) is 5.32 Å². The first-order valence-electron chi connectivity index (χ1n) is 5.04. The summed E-state index contributed by atoms with van der Waals surface area (Å²) in [6.45, 7) is 0.437. The second kappa shape index (κ2) is 5.25. The van der Waals surface area contributed by atoms with Gasteiger partial charge in [0.15, 0.2) is 0 Å². The molecule has 1 aromatic carbocycles. The Hall–Kier alpha value is -1.45. The number of benzene rings is 1. The molecule has 1 heterocycles. The van der Waals surface area contributed by atoms with Crippen molar-refractivity contribution in [3.63, 3.8) is 0 Å². The second-order valence-corrected chi connectivity index (χ2v) is 4.37. The number of phenolic OH excluding ortho intramolecular Hbond substituents is 1. The average molecular weight is 270 g/mol. The molecular weight excluding hydrogens is 259 g/mol. The van der Waals surface area contributed by atoms with Gasteiger partial charge in [-0.25, -0.2) is 4.98 Å². The first-order valence-corrected chi connectivity index (χ1v) is 5.80. The third-order valence-corrected chi connectivity index (χ3v) is 2.79. The number of aromatic hydroxyl groups is 1. The van der Waals surface area contributed by atoms with Crippen LogP contribution in [0.2, 0.25) is 10.0 Å². The van der Waals surface area contributed by atoms with Crippen molar-refractivity contribution < 1.29 is 10.1 Å². The van der Waals surface area contributed by atoms with Gasteiger partial charge in [-0.1, -0.05) is 29.3 Å². The first kappa shape index (κ1) is 12.0. The molecule has 0 amide bonds. The van der Waals surface area contributed by atoms with E-state index in [0.29, 0.717) is 17.1 Å². The number of anilines is 1. The molecule has 17 heavy (non-hydrogen) atoms. The first-order chi connectivity index (χ1) is 8.16. The van der Waals surface area contributed by atoms with Crippen molar-refractivity contribution in [2.24, 2.45) is 0 Å². The van der Waals surface area contributed by atoms with E-state index in [1.54, 1.807) is 6.07 Å². The van der Waals surface area contributed by atoms with Crippen LogP contribution >= 0.6 is 23.2 Å². The molecule has 0 saturated carbocycles. The number of hydrogen-bond donors (Lipinski definition) is 2. The predicted octanol–water partition coefficient (Wildman–Crippen LogP) is 3.13. The summed E-state index contributed by atoms with van der Waals surface area (Å²) < 4.78 is 0. The van der Waals surface area contributed by atoms with Crippen LogP contribution in [0.1, 0.15) is 5.56 Å². The van der Waals surface area contributed by atoms with Gasteiger partial charge in [0.05, 0.1) is 11.2 Å². The lowest BCUT2D eigenvalue weighted by Gasteiger charge is -2.05. The summed E-state index contributed by atoms with van der Waals surface area (Å²) in [7, 11) is 0. The summed E-state index contributed by atoms with van der Waals surface area (Å²) in [5.41, 5.74) is 0.653. The maximum absolute atomic E-state index is 9.76. The van der Waals surface area contributed by atoms with Gasteiger partial charge < -0.3 is 5.11 Å². The molecule has 88 valence electrons. The maximum atomic E-state index is 9.76. The number of rotatable bonds is 3. The normalized spacial score (nSPS) is 10.2. The van der Waals surface area contributed by atoms with Crippen LogP contribution in [-0.4, -0.2) is 5.11 Å². The Morgan fingerprint density at radius 3 is 2.76 bits per heavy atom. The molecule has 2 aromatic rings. The number of pyridine rings is 1. The fraction of sp³-hybridized carbons (Fsp3) is 0.0833. The third-order valence-electron chi connectivity index (χ3n) is 2.29. The van der Waals surface area contributed by atoms with E-state index in [4.69, 9.17) is 23.2 Å². The average Bonchev–Trinajstić information content (AvgIpc) is 2.33. The molecule has 1 aromatic heterocycles. The Labute approximate surface area is 109 Å². The van der Waals surface area contributed by atoms with Crippen LogP contribution in [0.4, 0.5) is 5.82 Å². The van der Waals surface area contributed by atoms with Crippen molar-refractivity contribution in [1.82, 2.24) is 0 Å². The smallest absolute Gasteiger partial charge is 0.272 e. The van der Waals surface area contributed by atoms with Gasteiger partial charge in [-0.2, -0.15) is 0 Å². The van der Waals surface area contributed by atoms with E-state index in [-0.39, 0.29) is 10.8 Å². The molecule has 0 atom stereocenters. The van der Waals surface area contributed by atoms with E-state index >= 15 is 0 Å². The highest BCUT2D eigenvalue weighted by Gasteiger charge is 2.10. The Balaban J connectivity index is 2.14. The van der Waals surface area contributed by atoms with E-state index < -0.39 is 0 Å². The minimum atomic E-state index is 0.0551. The lowest BCUT2D eigenvalue weighted by atomic mass is 10.2. The largest absolute Gasteiger partial charge is 0.506 e. The molecule has 3 N–H and O–H groups in total. The topological polar surface area (TPSA) is 46.4 Å². The quantitative estimate of drug-likeness (QED) is 0.900. The predicted molar refractivity (Wildman–Crippen MR) is 68.5 cm³/mol. The van der Waals surface area contributed by atoms with Crippen molar-refractivity contribution in [2.75, 3.05) is 5.32 Å². The lowest BCUT2D eigenvalue weighted by molar-refractivity contribution is -0.361. The zero-order chi connectivity index (χ0) is 12.3. The molecule has 0 saturated heterocycles. The second-order valence-electron chi connectivity index (χ2n) is 3.53. The molecule has 2 rings (SSSR count). The van der Waals surface area contributed by atoms with Gasteiger partial charge >= 0.3 is 0 Å². The van der Waals surface area contributed by atoms with E-state index in [2.05, 4.69) is 10.3 Å². The molecule has 0 bridgehead atoms. The van der Waals surface area contributed by atoms with Crippen molar-refractivity contribution in [3.05, 3.63) is 52.1 Å². The highest BCUT2D eigenvalue weighted by molar-refractivity contribution is 6.35. The molecule has 0 unspecified atom stereocenters. The molecule has 0 aliphatic heterocycles. The van der Waals surface area contributed by atoms with Crippen molar-refractivity contribution in [3.8, 4) is 5.75 Å². The molecular formula is C12H11Cl2N2O+. The minimum Gasteiger partial charge on any atom is -0.506 e. The number of phenols is 1. The van der Waals surface area contributed by atoms with Crippen LogP contribution in [0.25, 0.3) is 0 Å². The highest BCUT2D eigenvalue weighted by Crippen LogP contribution is 2.31. The molecule has 0 aliphatic rings. The fourth-order valence-electron chi connectivity index (χ4n) is 1.45. The summed E-state index contributed by atoms with van der Waals surface area (Å²) >= 11 is 11.7. The molecule has 3 nitrogen and oxygen atoms in total. The molecule has 0 radical (unpaired) electrons. The SMILES string of the molecule is Oc1c(Cl)cc(Cl)cc1CNc1cccc[nH+]1. The molecule has 0 aliphatic carbocycles. The standard InChI is InChI=1S/C12H10Cl2N2O/c13-9-5-8(12(17)10(14)6-9)7-16-11-3-1-2-4-15-11/h1-6,17H,7H2,(H,15,16)/p+1. The lowest BCUT2D eigenvalue weighted by Crippen LogP contribution is -2.11. The van der Waals surface area contributed by atoms with E-state index in [9.17, 15) is 5.11 Å². The van der Waals surface area contributed by atoms with Crippen LogP contribution in [0, 0.1) is 0 Å². The number of H-pyrrole nitrogens is 1. The number of halogens is 2. The Bertz CT molecular complexity index is 517. The summed E-state index contributed by atoms with van der Waals surface area (Å²) in [6, 6.07) is 8.88. The van der Waals surface area contributed by atoms with Gasteiger partial charge in [0.25, 0.3) is 5.82 Å². The van der Waals surface area contributed by atoms with Gasteiger partial charge in [0, 0.05) is 16.7 Å². The van der Waals surface area contributed by atoms with Gasteiger partial charge in [0.2, 0.25) is 0 Å². The van der Waals surface area contributed by atoms with Crippen LogP contribution < -0.4 is 10.3 Å².